The van der Waals surface area contributed by atoms with Crippen LogP contribution in [0.4, 0.5) is 0 Å². The van der Waals surface area contributed by atoms with Crippen LogP contribution in [0.3, 0.4) is 0 Å². The molecule has 0 radical (unpaired) electrons. The quantitative estimate of drug-likeness (QED) is 0.868. The maximum Gasteiger partial charge on any atom is 0.279 e. The first-order valence-electron chi connectivity index (χ1n) is 6.85. The van der Waals surface area contributed by atoms with Gasteiger partial charge in [-0.05, 0) is 25.8 Å². The number of carbonyl (C=O) groups excluding carboxylic acids is 1. The van der Waals surface area contributed by atoms with Gasteiger partial charge >= 0.3 is 0 Å². The van der Waals surface area contributed by atoms with E-state index in [0.717, 1.165) is 6.42 Å². The van der Waals surface area contributed by atoms with Crippen LogP contribution in [0, 0.1) is 13.8 Å². The van der Waals surface area contributed by atoms with Crippen LogP contribution in [0.25, 0.3) is 0 Å². The summed E-state index contributed by atoms with van der Waals surface area (Å²) in [7, 11) is 1.54. The van der Waals surface area contributed by atoms with Crippen molar-refractivity contribution in [3.8, 4) is 0 Å². The van der Waals surface area contributed by atoms with Crippen molar-refractivity contribution < 1.29 is 9.90 Å². The fraction of sp³-hybridized carbons (Fsp3) is 0.643. The van der Waals surface area contributed by atoms with E-state index in [4.69, 9.17) is 0 Å². The summed E-state index contributed by atoms with van der Waals surface area (Å²) in [5.41, 5.74) is 0.275. The fourth-order valence-electron chi connectivity index (χ4n) is 2.69. The van der Waals surface area contributed by atoms with Gasteiger partial charge in [-0.2, -0.15) is 5.10 Å². The minimum absolute atomic E-state index is 0.165. The van der Waals surface area contributed by atoms with Crippen LogP contribution in [0.1, 0.15) is 41.4 Å². The van der Waals surface area contributed by atoms with Crippen molar-refractivity contribution in [1.29, 1.82) is 0 Å². The minimum Gasteiger partial charge on any atom is -0.386 e. The highest BCUT2D eigenvalue weighted by molar-refractivity contribution is 5.96. The van der Waals surface area contributed by atoms with Gasteiger partial charge in [0.05, 0.1) is 24.4 Å². The Morgan fingerprint density at radius 3 is 2.55 bits per heavy atom. The van der Waals surface area contributed by atoms with Crippen molar-refractivity contribution in [3.63, 3.8) is 0 Å². The first kappa shape index (κ1) is 14.7. The zero-order valence-electron chi connectivity index (χ0n) is 12.4. The molecule has 0 spiro atoms. The summed E-state index contributed by atoms with van der Waals surface area (Å²) in [4.78, 5) is 26.1. The van der Waals surface area contributed by atoms with Gasteiger partial charge < -0.3 is 10.0 Å². The van der Waals surface area contributed by atoms with E-state index in [-0.39, 0.29) is 17.0 Å². The number of amides is 1. The summed E-state index contributed by atoms with van der Waals surface area (Å²) >= 11 is 0. The third-order valence-electron chi connectivity index (χ3n) is 3.91. The molecular formula is C14H21N3O3. The molecule has 1 aliphatic heterocycles. The molecule has 0 saturated carbocycles. The van der Waals surface area contributed by atoms with Gasteiger partial charge in [0.25, 0.3) is 11.5 Å². The molecule has 1 aromatic rings. The molecule has 0 bridgehead atoms. The molecule has 1 N–H and O–H groups in total. The van der Waals surface area contributed by atoms with E-state index in [0.29, 0.717) is 30.8 Å². The third-order valence-corrected chi connectivity index (χ3v) is 3.91. The fourth-order valence-corrected chi connectivity index (χ4v) is 2.69. The van der Waals surface area contributed by atoms with Gasteiger partial charge in [-0.3, -0.25) is 9.59 Å². The number of aliphatic hydroxyl groups is 1. The van der Waals surface area contributed by atoms with Crippen LogP contribution < -0.4 is 5.56 Å². The predicted octanol–water partition coefficient (Wildman–Crippen LogP) is 0.384. The van der Waals surface area contributed by atoms with Crippen LogP contribution in [-0.2, 0) is 7.05 Å². The number of nitrogens with zero attached hydrogens (tertiary/aromatic N) is 3. The lowest BCUT2D eigenvalue weighted by Gasteiger charge is -2.46. The van der Waals surface area contributed by atoms with Crippen molar-refractivity contribution in [2.75, 3.05) is 13.1 Å². The molecule has 0 atom stereocenters. The first-order chi connectivity index (χ1) is 9.29. The Morgan fingerprint density at radius 2 is 2.00 bits per heavy atom. The first-order valence-corrected chi connectivity index (χ1v) is 6.85. The lowest BCUT2D eigenvalue weighted by molar-refractivity contribution is -0.0861. The van der Waals surface area contributed by atoms with Crippen molar-refractivity contribution in [3.05, 3.63) is 27.2 Å². The smallest absolute Gasteiger partial charge is 0.279 e. The summed E-state index contributed by atoms with van der Waals surface area (Å²) in [5.74, 6) is -0.311. The number of aromatic nitrogens is 2. The molecule has 2 heterocycles. The monoisotopic (exact) mass is 279 g/mol. The molecule has 0 unspecified atom stereocenters. The largest absolute Gasteiger partial charge is 0.386 e. The Kier molecular flexibility index (Phi) is 3.69. The number of rotatable bonds is 3. The molecule has 1 fully saturated rings. The predicted molar refractivity (Wildman–Crippen MR) is 74.7 cm³/mol. The maximum atomic E-state index is 12.4. The Labute approximate surface area is 118 Å². The molecule has 1 saturated heterocycles. The van der Waals surface area contributed by atoms with Gasteiger partial charge in [0.15, 0.2) is 0 Å². The number of hydrogen-bond acceptors (Lipinski definition) is 4. The number of carbonyl (C=O) groups is 1. The van der Waals surface area contributed by atoms with E-state index in [1.807, 2.05) is 6.92 Å². The Morgan fingerprint density at radius 1 is 1.40 bits per heavy atom. The average Bonchev–Trinajstić information content (AvgIpc) is 2.34. The molecule has 20 heavy (non-hydrogen) atoms. The SMILES string of the molecule is CCCC1(O)CN(C(=O)c2c(C)c(C)nn(C)c2=O)C1. The lowest BCUT2D eigenvalue weighted by atomic mass is 9.88. The second-order valence-corrected chi connectivity index (χ2v) is 5.65. The van der Waals surface area contributed by atoms with Crippen molar-refractivity contribution in [1.82, 2.24) is 14.7 Å². The van der Waals surface area contributed by atoms with Crippen LogP contribution in [0.5, 0.6) is 0 Å². The van der Waals surface area contributed by atoms with Crippen LogP contribution >= 0.6 is 0 Å². The topological polar surface area (TPSA) is 75.4 Å². The van der Waals surface area contributed by atoms with Crippen LogP contribution in [0.2, 0.25) is 0 Å². The maximum absolute atomic E-state index is 12.4. The second kappa shape index (κ2) is 5.01. The molecule has 6 heteroatoms. The molecule has 6 nitrogen and oxygen atoms in total. The van der Waals surface area contributed by atoms with E-state index < -0.39 is 5.60 Å². The summed E-state index contributed by atoms with van der Waals surface area (Å²) < 4.78 is 1.19. The van der Waals surface area contributed by atoms with Crippen LogP contribution in [-0.4, -0.2) is 44.4 Å². The summed E-state index contributed by atoms with van der Waals surface area (Å²) in [6, 6.07) is 0. The number of hydrogen-bond donors (Lipinski definition) is 1. The van der Waals surface area contributed by atoms with Crippen LogP contribution in [0.15, 0.2) is 4.79 Å². The molecule has 110 valence electrons. The Hall–Kier alpha value is -1.69. The zero-order chi connectivity index (χ0) is 15.1. The van der Waals surface area contributed by atoms with Gasteiger partial charge in [-0.25, -0.2) is 4.68 Å². The normalized spacial score (nSPS) is 16.9. The zero-order valence-corrected chi connectivity index (χ0v) is 12.4. The number of β-amino-alcohol motifs (C(OH)–C–C–N with tert-alkyl or cyclic N) is 1. The van der Waals surface area contributed by atoms with Gasteiger partial charge in [0.2, 0.25) is 0 Å². The highest BCUT2D eigenvalue weighted by atomic mass is 16.3. The molecule has 0 aromatic carbocycles. The molecular weight excluding hydrogens is 258 g/mol. The highest BCUT2D eigenvalue weighted by Crippen LogP contribution is 2.27. The summed E-state index contributed by atoms with van der Waals surface area (Å²) in [5, 5.41) is 14.2. The summed E-state index contributed by atoms with van der Waals surface area (Å²) in [6.07, 6.45) is 1.54. The summed E-state index contributed by atoms with van der Waals surface area (Å²) in [6.45, 7) is 6.09. The third kappa shape index (κ3) is 2.35. The molecule has 0 aliphatic carbocycles. The second-order valence-electron chi connectivity index (χ2n) is 5.65. The van der Waals surface area contributed by atoms with Crippen molar-refractivity contribution in [2.24, 2.45) is 7.05 Å². The van der Waals surface area contributed by atoms with Gasteiger partial charge in [0.1, 0.15) is 5.56 Å². The minimum atomic E-state index is -0.786. The molecule has 1 amide bonds. The average molecular weight is 279 g/mol. The van der Waals surface area contributed by atoms with E-state index in [9.17, 15) is 14.7 Å². The van der Waals surface area contributed by atoms with Gasteiger partial charge in [0, 0.05) is 7.05 Å². The molecule has 2 rings (SSSR count). The van der Waals surface area contributed by atoms with E-state index in [2.05, 4.69) is 5.10 Å². The van der Waals surface area contributed by atoms with Crippen molar-refractivity contribution in [2.45, 2.75) is 39.2 Å². The Balaban J connectivity index is 2.27. The Bertz CT molecular complexity index is 600. The highest BCUT2D eigenvalue weighted by Gasteiger charge is 2.43. The van der Waals surface area contributed by atoms with E-state index in [1.54, 1.807) is 13.8 Å². The van der Waals surface area contributed by atoms with Gasteiger partial charge in [-0.15, -0.1) is 0 Å². The number of likely N-dealkylation sites (tertiary alicyclic amines) is 1. The van der Waals surface area contributed by atoms with Crippen molar-refractivity contribution >= 4 is 5.91 Å². The number of aryl methyl sites for hydroxylation is 2. The lowest BCUT2D eigenvalue weighted by Crippen LogP contribution is -2.64. The molecule has 1 aromatic heterocycles. The standard InChI is InChI=1S/C14H21N3O3/c1-5-6-14(20)7-17(8-14)13(19)11-9(2)10(3)15-16(4)12(11)18/h20H,5-8H2,1-4H3. The van der Waals surface area contributed by atoms with E-state index in [1.165, 1.54) is 16.6 Å². The molecule has 1 aliphatic rings. The van der Waals surface area contributed by atoms with Gasteiger partial charge in [-0.1, -0.05) is 13.3 Å². The van der Waals surface area contributed by atoms with E-state index >= 15 is 0 Å².